The van der Waals surface area contributed by atoms with Crippen LogP contribution in [0.3, 0.4) is 0 Å². The van der Waals surface area contributed by atoms with E-state index in [1.54, 1.807) is 6.92 Å². The zero-order valence-corrected chi connectivity index (χ0v) is 10.5. The van der Waals surface area contributed by atoms with Gasteiger partial charge in [-0.2, -0.15) is 0 Å². The second-order valence-corrected chi connectivity index (χ2v) is 3.43. The number of aromatic nitrogens is 1. The van der Waals surface area contributed by atoms with Gasteiger partial charge in [0.25, 0.3) is 5.88 Å². The first-order valence-electron chi connectivity index (χ1n) is 5.27. The highest BCUT2D eigenvalue weighted by atomic mass is 19.4. The molecule has 5 nitrogen and oxygen atoms in total. The highest BCUT2D eigenvalue weighted by Crippen LogP contribution is 2.31. The molecule has 0 atom stereocenters. The quantitative estimate of drug-likeness (QED) is 0.792. The van der Waals surface area contributed by atoms with Crippen molar-refractivity contribution in [1.29, 1.82) is 0 Å². The van der Waals surface area contributed by atoms with Crippen LogP contribution in [0.5, 0.6) is 11.6 Å². The Balaban J connectivity index is 3.21. The molecule has 0 saturated carbocycles. The van der Waals surface area contributed by atoms with Gasteiger partial charge in [-0.1, -0.05) is 0 Å². The standard InChI is InChI=1S/C11H12F3NO4/c1-4-18-10(16)8-6(2)5-7(17-3)9(15-8)19-11(12,13)14/h5H,4H2,1-3H3. The second-order valence-electron chi connectivity index (χ2n) is 3.43. The van der Waals surface area contributed by atoms with Crippen LogP contribution in [0.2, 0.25) is 0 Å². The molecule has 0 aliphatic rings. The SMILES string of the molecule is CCOC(=O)c1nc(OC(F)(F)F)c(OC)cc1C. The molecule has 1 rings (SSSR count). The summed E-state index contributed by atoms with van der Waals surface area (Å²) in [6.45, 7) is 3.16. The fourth-order valence-corrected chi connectivity index (χ4v) is 1.31. The minimum absolute atomic E-state index is 0.0848. The lowest BCUT2D eigenvalue weighted by atomic mass is 10.2. The van der Waals surface area contributed by atoms with Crippen molar-refractivity contribution >= 4 is 5.97 Å². The van der Waals surface area contributed by atoms with Crippen LogP contribution in [0.4, 0.5) is 13.2 Å². The fourth-order valence-electron chi connectivity index (χ4n) is 1.31. The Morgan fingerprint density at radius 1 is 1.42 bits per heavy atom. The number of carbonyl (C=O) groups is 1. The van der Waals surface area contributed by atoms with Crippen molar-refractivity contribution in [2.45, 2.75) is 20.2 Å². The highest BCUT2D eigenvalue weighted by Gasteiger charge is 2.34. The van der Waals surface area contributed by atoms with E-state index in [1.807, 2.05) is 0 Å². The van der Waals surface area contributed by atoms with Crippen LogP contribution in [0.25, 0.3) is 0 Å². The van der Waals surface area contributed by atoms with E-state index in [0.717, 1.165) is 0 Å². The van der Waals surface area contributed by atoms with Gasteiger partial charge in [0, 0.05) is 0 Å². The summed E-state index contributed by atoms with van der Waals surface area (Å²) in [5.41, 5.74) is 0.0757. The molecule has 0 amide bonds. The first kappa shape index (κ1) is 15.1. The number of alkyl halides is 3. The molecule has 0 aliphatic carbocycles. The predicted molar refractivity (Wildman–Crippen MR) is 58.2 cm³/mol. The summed E-state index contributed by atoms with van der Waals surface area (Å²) in [5.74, 6) is -1.87. The molecule has 0 unspecified atom stereocenters. The largest absolute Gasteiger partial charge is 0.574 e. The maximum absolute atomic E-state index is 12.2. The molecule has 0 radical (unpaired) electrons. The summed E-state index contributed by atoms with van der Waals surface area (Å²) < 4.78 is 49.7. The summed E-state index contributed by atoms with van der Waals surface area (Å²) in [4.78, 5) is 15.0. The Morgan fingerprint density at radius 2 is 2.05 bits per heavy atom. The van der Waals surface area contributed by atoms with E-state index in [0.29, 0.717) is 5.56 Å². The molecule has 0 fully saturated rings. The molecule has 0 N–H and O–H groups in total. The van der Waals surface area contributed by atoms with Gasteiger partial charge >= 0.3 is 12.3 Å². The van der Waals surface area contributed by atoms with E-state index in [1.165, 1.54) is 20.1 Å². The van der Waals surface area contributed by atoms with Gasteiger partial charge in [0.1, 0.15) is 0 Å². The molecule has 106 valence electrons. The first-order chi connectivity index (χ1) is 8.78. The van der Waals surface area contributed by atoms with Crippen molar-refractivity contribution in [3.8, 4) is 11.6 Å². The van der Waals surface area contributed by atoms with Crippen LogP contribution in [0, 0.1) is 6.92 Å². The molecule has 0 aliphatic heterocycles. The lowest BCUT2D eigenvalue weighted by molar-refractivity contribution is -0.276. The van der Waals surface area contributed by atoms with Gasteiger partial charge in [0.15, 0.2) is 11.4 Å². The third-order valence-corrected chi connectivity index (χ3v) is 2.05. The fraction of sp³-hybridized carbons (Fsp3) is 0.455. The number of hydrogen-bond acceptors (Lipinski definition) is 5. The number of aryl methyl sites for hydroxylation is 1. The van der Waals surface area contributed by atoms with Crippen LogP contribution >= 0.6 is 0 Å². The van der Waals surface area contributed by atoms with Gasteiger partial charge in [0.2, 0.25) is 0 Å². The summed E-state index contributed by atoms with van der Waals surface area (Å²) >= 11 is 0. The number of pyridine rings is 1. The van der Waals surface area contributed by atoms with Crippen LogP contribution < -0.4 is 9.47 Å². The van der Waals surface area contributed by atoms with Gasteiger partial charge < -0.3 is 14.2 Å². The van der Waals surface area contributed by atoms with Crippen LogP contribution in [-0.2, 0) is 4.74 Å². The maximum atomic E-state index is 12.2. The summed E-state index contributed by atoms with van der Waals surface area (Å²) in [6.07, 6.45) is -4.93. The second kappa shape index (κ2) is 5.77. The molecule has 1 aromatic rings. The number of esters is 1. The van der Waals surface area contributed by atoms with Crippen molar-refractivity contribution in [3.05, 3.63) is 17.3 Å². The minimum atomic E-state index is -4.93. The third kappa shape index (κ3) is 4.01. The predicted octanol–water partition coefficient (Wildman–Crippen LogP) is 2.47. The van der Waals surface area contributed by atoms with E-state index >= 15 is 0 Å². The van der Waals surface area contributed by atoms with Crippen molar-refractivity contribution in [2.24, 2.45) is 0 Å². The molecule has 1 aromatic heterocycles. The van der Waals surface area contributed by atoms with Crippen LogP contribution in [0.1, 0.15) is 23.0 Å². The van der Waals surface area contributed by atoms with E-state index < -0.39 is 18.2 Å². The normalized spacial score (nSPS) is 11.1. The van der Waals surface area contributed by atoms with Gasteiger partial charge in [-0.3, -0.25) is 0 Å². The number of methoxy groups -OCH3 is 1. The summed E-state index contributed by atoms with van der Waals surface area (Å²) in [7, 11) is 1.17. The average Bonchev–Trinajstić information content (AvgIpc) is 2.29. The monoisotopic (exact) mass is 279 g/mol. The van der Waals surface area contributed by atoms with Gasteiger partial charge in [-0.15, -0.1) is 13.2 Å². The Labute approximate surface area is 107 Å². The van der Waals surface area contributed by atoms with Crippen molar-refractivity contribution in [2.75, 3.05) is 13.7 Å². The van der Waals surface area contributed by atoms with Crippen LogP contribution in [0.15, 0.2) is 6.07 Å². The number of carbonyl (C=O) groups excluding carboxylic acids is 1. The van der Waals surface area contributed by atoms with E-state index in [4.69, 9.17) is 4.74 Å². The van der Waals surface area contributed by atoms with Gasteiger partial charge in [-0.05, 0) is 25.5 Å². The number of ether oxygens (including phenoxy) is 3. The van der Waals surface area contributed by atoms with E-state index in [-0.39, 0.29) is 18.1 Å². The molecule has 8 heteroatoms. The van der Waals surface area contributed by atoms with Crippen LogP contribution in [-0.4, -0.2) is 31.0 Å². The summed E-state index contributed by atoms with van der Waals surface area (Å²) in [6, 6.07) is 1.22. The molecule has 0 saturated heterocycles. The van der Waals surface area contributed by atoms with Crippen molar-refractivity contribution in [1.82, 2.24) is 4.98 Å². The van der Waals surface area contributed by atoms with Gasteiger partial charge in [-0.25, -0.2) is 9.78 Å². The lowest BCUT2D eigenvalue weighted by Gasteiger charge is -2.13. The number of rotatable bonds is 4. The maximum Gasteiger partial charge on any atom is 0.574 e. The first-order valence-corrected chi connectivity index (χ1v) is 5.27. The zero-order valence-electron chi connectivity index (χ0n) is 10.5. The molecule has 0 bridgehead atoms. The lowest BCUT2D eigenvalue weighted by Crippen LogP contribution is -2.20. The average molecular weight is 279 g/mol. The van der Waals surface area contributed by atoms with Crippen molar-refractivity contribution in [3.63, 3.8) is 0 Å². The Bertz CT molecular complexity index is 474. The smallest absolute Gasteiger partial charge is 0.491 e. The minimum Gasteiger partial charge on any atom is -0.491 e. The highest BCUT2D eigenvalue weighted by molar-refractivity contribution is 5.89. The topological polar surface area (TPSA) is 57.7 Å². The molecular weight excluding hydrogens is 267 g/mol. The number of halogens is 3. The molecule has 0 spiro atoms. The third-order valence-electron chi connectivity index (χ3n) is 2.05. The van der Waals surface area contributed by atoms with Crippen molar-refractivity contribution < 1.29 is 32.2 Å². The Kier molecular flexibility index (Phi) is 4.57. The van der Waals surface area contributed by atoms with Gasteiger partial charge in [0.05, 0.1) is 13.7 Å². The molecule has 19 heavy (non-hydrogen) atoms. The molecule has 1 heterocycles. The van der Waals surface area contributed by atoms with E-state index in [2.05, 4.69) is 14.5 Å². The number of hydrogen-bond donors (Lipinski definition) is 0. The Morgan fingerprint density at radius 3 is 2.53 bits per heavy atom. The molecule has 0 aromatic carbocycles. The van der Waals surface area contributed by atoms with E-state index in [9.17, 15) is 18.0 Å². The number of nitrogens with zero attached hydrogens (tertiary/aromatic N) is 1. The Hall–Kier alpha value is -1.99. The summed E-state index contributed by atoms with van der Waals surface area (Å²) in [5, 5.41) is 0. The zero-order chi connectivity index (χ0) is 14.6. The molecular formula is C11H12F3NO4.